The Hall–Kier alpha value is -1.22. The zero-order valence-corrected chi connectivity index (χ0v) is 9.21. The molecule has 0 amide bonds. The minimum atomic E-state index is 0.213. The van der Waals surface area contributed by atoms with Crippen LogP contribution in [-0.2, 0) is 0 Å². The lowest BCUT2D eigenvalue weighted by molar-refractivity contribution is 0.470. The third kappa shape index (κ3) is 1.55. The summed E-state index contributed by atoms with van der Waals surface area (Å²) in [5, 5.41) is 9.79. The fraction of sp³-hybridized carbons (Fsp3) is 0.0909. The van der Waals surface area contributed by atoms with Crippen molar-refractivity contribution in [1.82, 2.24) is 0 Å². The van der Waals surface area contributed by atoms with Crippen LogP contribution in [0.5, 0.6) is 5.75 Å². The van der Waals surface area contributed by atoms with Crippen LogP contribution >= 0.6 is 15.9 Å². The van der Waals surface area contributed by atoms with Gasteiger partial charge in [-0.05, 0) is 52.7 Å². The largest absolute Gasteiger partial charge is 0.506 e. The maximum absolute atomic E-state index is 9.79. The van der Waals surface area contributed by atoms with E-state index in [0.717, 1.165) is 5.56 Å². The first-order valence-corrected chi connectivity index (χ1v) is 5.01. The summed E-state index contributed by atoms with van der Waals surface area (Å²) in [6.07, 6.45) is 1.59. The summed E-state index contributed by atoms with van der Waals surface area (Å²) < 4.78 is 5.91. The molecule has 0 radical (unpaired) electrons. The molecule has 2 rings (SSSR count). The van der Waals surface area contributed by atoms with Crippen LogP contribution in [0.2, 0.25) is 0 Å². The van der Waals surface area contributed by atoms with Crippen molar-refractivity contribution >= 4 is 15.9 Å². The molecule has 0 fully saturated rings. The highest BCUT2D eigenvalue weighted by Crippen LogP contribution is 2.36. The van der Waals surface area contributed by atoms with Crippen molar-refractivity contribution in [2.45, 2.75) is 6.92 Å². The zero-order valence-electron chi connectivity index (χ0n) is 7.62. The number of rotatable bonds is 1. The predicted molar refractivity (Wildman–Crippen MR) is 58.2 cm³/mol. The van der Waals surface area contributed by atoms with Gasteiger partial charge in [0.2, 0.25) is 0 Å². The van der Waals surface area contributed by atoms with Crippen LogP contribution in [-0.4, -0.2) is 5.11 Å². The number of phenols is 1. The van der Waals surface area contributed by atoms with E-state index in [1.54, 1.807) is 12.3 Å². The Balaban J connectivity index is 2.64. The van der Waals surface area contributed by atoms with Crippen molar-refractivity contribution in [3.05, 3.63) is 40.6 Å². The lowest BCUT2D eigenvalue weighted by Crippen LogP contribution is -1.80. The van der Waals surface area contributed by atoms with Gasteiger partial charge in [0.15, 0.2) is 0 Å². The molecule has 1 heterocycles. The number of aryl methyl sites for hydroxylation is 1. The van der Waals surface area contributed by atoms with Crippen molar-refractivity contribution in [3.8, 4) is 17.1 Å². The maximum Gasteiger partial charge on any atom is 0.140 e. The van der Waals surface area contributed by atoms with Crippen LogP contribution in [0.15, 0.2) is 39.4 Å². The first-order chi connectivity index (χ1) is 6.68. The highest BCUT2D eigenvalue weighted by Gasteiger charge is 2.10. The number of benzene rings is 1. The highest BCUT2D eigenvalue weighted by atomic mass is 79.9. The van der Waals surface area contributed by atoms with Gasteiger partial charge in [-0.15, -0.1) is 0 Å². The molecule has 0 atom stereocenters. The van der Waals surface area contributed by atoms with E-state index in [-0.39, 0.29) is 5.75 Å². The lowest BCUT2D eigenvalue weighted by Gasteiger charge is -2.05. The van der Waals surface area contributed by atoms with Gasteiger partial charge in [-0.2, -0.15) is 0 Å². The molecule has 0 saturated heterocycles. The monoisotopic (exact) mass is 252 g/mol. The lowest BCUT2D eigenvalue weighted by atomic mass is 10.1. The molecule has 2 aromatic rings. The van der Waals surface area contributed by atoms with E-state index in [9.17, 15) is 5.11 Å². The van der Waals surface area contributed by atoms with E-state index in [0.29, 0.717) is 15.8 Å². The fourth-order valence-electron chi connectivity index (χ4n) is 1.35. The van der Waals surface area contributed by atoms with Gasteiger partial charge in [-0.1, -0.05) is 0 Å². The second-order valence-corrected chi connectivity index (χ2v) is 3.97. The number of halogens is 1. The van der Waals surface area contributed by atoms with Crippen LogP contribution < -0.4 is 0 Å². The van der Waals surface area contributed by atoms with E-state index in [1.165, 1.54) is 0 Å². The number of furan rings is 1. The molecule has 0 aliphatic heterocycles. The molecule has 1 aromatic heterocycles. The Morgan fingerprint density at radius 1 is 1.36 bits per heavy atom. The normalized spacial score (nSPS) is 10.4. The third-order valence-corrected chi connectivity index (χ3v) is 2.60. The molecule has 0 unspecified atom stereocenters. The molecule has 0 aliphatic carbocycles. The van der Waals surface area contributed by atoms with Crippen molar-refractivity contribution in [1.29, 1.82) is 0 Å². The summed E-state index contributed by atoms with van der Waals surface area (Å²) in [6, 6.07) is 7.37. The average molecular weight is 253 g/mol. The van der Waals surface area contributed by atoms with Crippen molar-refractivity contribution in [2.24, 2.45) is 0 Å². The molecule has 72 valence electrons. The molecule has 0 aliphatic rings. The summed E-state index contributed by atoms with van der Waals surface area (Å²) in [5.74, 6) is 0.887. The Morgan fingerprint density at radius 2 is 2.14 bits per heavy atom. The topological polar surface area (TPSA) is 33.4 Å². The molecule has 3 heteroatoms. The third-order valence-electron chi connectivity index (χ3n) is 1.99. The minimum Gasteiger partial charge on any atom is -0.506 e. The van der Waals surface area contributed by atoms with Crippen LogP contribution in [0, 0.1) is 6.92 Å². The maximum atomic E-state index is 9.79. The fourth-order valence-corrected chi connectivity index (χ4v) is 1.93. The molecule has 1 aromatic carbocycles. The molecule has 0 bridgehead atoms. The second kappa shape index (κ2) is 3.50. The van der Waals surface area contributed by atoms with E-state index >= 15 is 0 Å². The smallest absolute Gasteiger partial charge is 0.140 e. The Bertz CT molecular complexity index is 447. The van der Waals surface area contributed by atoms with Gasteiger partial charge >= 0.3 is 0 Å². The molecule has 14 heavy (non-hydrogen) atoms. The van der Waals surface area contributed by atoms with Crippen LogP contribution in [0.3, 0.4) is 0 Å². The summed E-state index contributed by atoms with van der Waals surface area (Å²) in [5.41, 5.74) is 1.78. The first kappa shape index (κ1) is 9.34. The van der Waals surface area contributed by atoms with Crippen LogP contribution in [0.4, 0.5) is 0 Å². The number of hydrogen-bond acceptors (Lipinski definition) is 2. The van der Waals surface area contributed by atoms with E-state index in [2.05, 4.69) is 15.9 Å². The van der Waals surface area contributed by atoms with E-state index in [4.69, 9.17) is 4.42 Å². The minimum absolute atomic E-state index is 0.213. The molecular weight excluding hydrogens is 244 g/mol. The summed E-state index contributed by atoms with van der Waals surface area (Å²) >= 11 is 3.29. The van der Waals surface area contributed by atoms with Crippen molar-refractivity contribution in [3.63, 3.8) is 0 Å². The van der Waals surface area contributed by atoms with Crippen LogP contribution in [0.1, 0.15) is 5.56 Å². The molecule has 0 saturated carbocycles. The van der Waals surface area contributed by atoms with Gasteiger partial charge < -0.3 is 9.52 Å². The first-order valence-electron chi connectivity index (χ1n) is 4.21. The standard InChI is InChI=1S/C11H9BrO2/c1-7-5-8(10-3-2-4-14-10)11(13)9(12)6-7/h2-6,13H,1H3. The van der Waals surface area contributed by atoms with Gasteiger partial charge in [0.25, 0.3) is 0 Å². The predicted octanol–water partition coefficient (Wildman–Crippen LogP) is 3.72. The van der Waals surface area contributed by atoms with Gasteiger partial charge in [-0.25, -0.2) is 0 Å². The average Bonchev–Trinajstić information content (AvgIpc) is 2.63. The van der Waals surface area contributed by atoms with Gasteiger partial charge in [0.1, 0.15) is 11.5 Å². The zero-order chi connectivity index (χ0) is 10.1. The molecule has 1 N–H and O–H groups in total. The molecular formula is C11H9BrO2. The van der Waals surface area contributed by atoms with Gasteiger partial charge in [0.05, 0.1) is 16.3 Å². The quantitative estimate of drug-likeness (QED) is 0.840. The molecule has 2 nitrogen and oxygen atoms in total. The number of hydrogen-bond donors (Lipinski definition) is 1. The number of phenolic OH excluding ortho intramolecular Hbond substituents is 1. The van der Waals surface area contributed by atoms with Crippen molar-refractivity contribution in [2.75, 3.05) is 0 Å². The second-order valence-electron chi connectivity index (χ2n) is 3.12. The SMILES string of the molecule is Cc1cc(Br)c(O)c(-c2ccco2)c1. The Morgan fingerprint density at radius 3 is 2.79 bits per heavy atom. The highest BCUT2D eigenvalue weighted by molar-refractivity contribution is 9.10. The Labute approximate surface area is 90.3 Å². The van der Waals surface area contributed by atoms with Gasteiger partial charge in [-0.3, -0.25) is 0 Å². The van der Waals surface area contributed by atoms with E-state index < -0.39 is 0 Å². The Kier molecular flexibility index (Phi) is 2.33. The van der Waals surface area contributed by atoms with Gasteiger partial charge in [0, 0.05) is 0 Å². The summed E-state index contributed by atoms with van der Waals surface area (Å²) in [6.45, 7) is 1.97. The summed E-state index contributed by atoms with van der Waals surface area (Å²) in [7, 11) is 0. The van der Waals surface area contributed by atoms with Crippen molar-refractivity contribution < 1.29 is 9.52 Å². The number of aromatic hydroxyl groups is 1. The van der Waals surface area contributed by atoms with Crippen LogP contribution in [0.25, 0.3) is 11.3 Å². The summed E-state index contributed by atoms with van der Waals surface area (Å²) in [4.78, 5) is 0. The molecule has 0 spiro atoms. The van der Waals surface area contributed by atoms with E-state index in [1.807, 2.05) is 25.1 Å².